The van der Waals surface area contributed by atoms with Gasteiger partial charge in [0.05, 0.1) is 13.2 Å². The number of halogens is 1. The number of hydrogen-bond acceptors (Lipinski definition) is 2. The minimum Gasteiger partial charge on any atom is -0.496 e. The Balaban J connectivity index is 1.81. The Labute approximate surface area is 144 Å². The lowest BCUT2D eigenvalue weighted by atomic mass is 9.77. The van der Waals surface area contributed by atoms with Crippen LogP contribution in [0.5, 0.6) is 5.75 Å². The molecule has 0 saturated carbocycles. The first-order chi connectivity index (χ1) is 10.8. The highest BCUT2D eigenvalue weighted by molar-refractivity contribution is 14.1. The molecule has 112 valence electrons. The number of rotatable bonds is 2. The Morgan fingerprint density at radius 3 is 2.86 bits per heavy atom. The highest BCUT2D eigenvalue weighted by atomic mass is 127. The standard InChI is InChI=1S/C19H18INO/c1-22-18-8-3-2-5-15(18)19-14-7-4-6-13(14)16-11-12(20)9-10-17(16)21-19/h2-6,8-11,13-14,19,21H,7H2,1H3/t13-,14+,19+/m0/s1. The molecular weight excluding hydrogens is 385 g/mol. The number of methoxy groups -OCH3 is 1. The van der Waals surface area contributed by atoms with E-state index in [-0.39, 0.29) is 0 Å². The van der Waals surface area contributed by atoms with Crippen molar-refractivity contribution >= 4 is 28.3 Å². The molecule has 0 spiro atoms. The monoisotopic (exact) mass is 403 g/mol. The van der Waals surface area contributed by atoms with Gasteiger partial charge in [0.15, 0.2) is 0 Å². The second-order valence-electron chi connectivity index (χ2n) is 5.95. The van der Waals surface area contributed by atoms with E-state index in [0.29, 0.717) is 17.9 Å². The van der Waals surface area contributed by atoms with Crippen molar-refractivity contribution in [2.75, 3.05) is 12.4 Å². The van der Waals surface area contributed by atoms with Crippen molar-refractivity contribution in [2.45, 2.75) is 18.4 Å². The van der Waals surface area contributed by atoms with Crippen LogP contribution in [0.2, 0.25) is 0 Å². The maximum absolute atomic E-state index is 5.59. The average Bonchev–Trinajstić information content (AvgIpc) is 3.04. The summed E-state index contributed by atoms with van der Waals surface area (Å²) >= 11 is 2.40. The van der Waals surface area contributed by atoms with Crippen LogP contribution in [0.25, 0.3) is 0 Å². The fourth-order valence-corrected chi connectivity index (χ4v) is 4.31. The molecule has 3 atom stereocenters. The lowest BCUT2D eigenvalue weighted by Gasteiger charge is -2.38. The van der Waals surface area contributed by atoms with E-state index < -0.39 is 0 Å². The van der Waals surface area contributed by atoms with Gasteiger partial charge in [-0.3, -0.25) is 0 Å². The molecule has 1 N–H and O–H groups in total. The van der Waals surface area contributed by atoms with E-state index in [0.717, 1.165) is 12.2 Å². The summed E-state index contributed by atoms with van der Waals surface area (Å²) in [6.45, 7) is 0. The molecule has 2 aromatic rings. The lowest BCUT2D eigenvalue weighted by Crippen LogP contribution is -2.29. The molecule has 3 heteroatoms. The number of ether oxygens (including phenoxy) is 1. The number of para-hydroxylation sites is 1. The Kier molecular flexibility index (Phi) is 3.60. The first-order valence-electron chi connectivity index (χ1n) is 7.63. The SMILES string of the molecule is COc1ccccc1[C@@H]1Nc2ccc(I)cc2[C@H]2C=CC[C@H]21. The number of nitrogens with one attached hydrogen (secondary N) is 1. The molecule has 4 rings (SSSR count). The first-order valence-corrected chi connectivity index (χ1v) is 8.71. The summed E-state index contributed by atoms with van der Waals surface area (Å²) in [4.78, 5) is 0. The zero-order chi connectivity index (χ0) is 15.1. The number of allylic oxidation sites excluding steroid dienone is 2. The normalized spacial score (nSPS) is 25.3. The number of benzene rings is 2. The van der Waals surface area contributed by atoms with Crippen molar-refractivity contribution in [3.05, 3.63) is 69.3 Å². The van der Waals surface area contributed by atoms with Crippen LogP contribution >= 0.6 is 22.6 Å². The first kappa shape index (κ1) is 14.1. The largest absolute Gasteiger partial charge is 0.496 e. The molecule has 0 radical (unpaired) electrons. The Bertz CT molecular complexity index is 740. The smallest absolute Gasteiger partial charge is 0.124 e. The molecule has 0 bridgehead atoms. The Morgan fingerprint density at radius 2 is 2.00 bits per heavy atom. The van der Waals surface area contributed by atoms with E-state index in [1.807, 2.05) is 6.07 Å². The van der Waals surface area contributed by atoms with Crippen molar-refractivity contribution in [1.82, 2.24) is 0 Å². The van der Waals surface area contributed by atoms with Gasteiger partial charge in [-0.25, -0.2) is 0 Å². The maximum Gasteiger partial charge on any atom is 0.124 e. The molecule has 0 amide bonds. The molecule has 0 fully saturated rings. The van der Waals surface area contributed by atoms with Crippen LogP contribution in [-0.4, -0.2) is 7.11 Å². The minimum absolute atomic E-state index is 0.295. The van der Waals surface area contributed by atoms with Crippen LogP contribution in [0, 0.1) is 9.49 Å². The molecular formula is C19H18INO. The van der Waals surface area contributed by atoms with Gasteiger partial charge in [-0.15, -0.1) is 0 Å². The van der Waals surface area contributed by atoms with Crippen LogP contribution in [0.1, 0.15) is 29.5 Å². The molecule has 0 aromatic heterocycles. The molecule has 2 aliphatic rings. The van der Waals surface area contributed by atoms with Gasteiger partial charge in [-0.1, -0.05) is 30.4 Å². The molecule has 2 aromatic carbocycles. The van der Waals surface area contributed by atoms with E-state index in [1.54, 1.807) is 7.11 Å². The Hall–Kier alpha value is -1.49. The summed E-state index contributed by atoms with van der Waals surface area (Å²) in [5.74, 6) is 2.03. The molecule has 22 heavy (non-hydrogen) atoms. The van der Waals surface area contributed by atoms with Crippen molar-refractivity contribution in [3.63, 3.8) is 0 Å². The predicted octanol–water partition coefficient (Wildman–Crippen LogP) is 5.13. The average molecular weight is 403 g/mol. The number of fused-ring (bicyclic) bond motifs is 3. The van der Waals surface area contributed by atoms with Gasteiger partial charge in [0, 0.05) is 20.7 Å². The molecule has 0 saturated heterocycles. The molecule has 1 heterocycles. The second kappa shape index (κ2) is 5.61. The third-order valence-electron chi connectivity index (χ3n) is 4.80. The topological polar surface area (TPSA) is 21.3 Å². The summed E-state index contributed by atoms with van der Waals surface area (Å²) in [5, 5.41) is 3.76. The van der Waals surface area contributed by atoms with Crippen LogP contribution in [0.15, 0.2) is 54.6 Å². The highest BCUT2D eigenvalue weighted by Crippen LogP contribution is 2.51. The van der Waals surface area contributed by atoms with E-state index >= 15 is 0 Å². The van der Waals surface area contributed by atoms with Gasteiger partial charge < -0.3 is 10.1 Å². The third-order valence-corrected chi connectivity index (χ3v) is 5.47. The van der Waals surface area contributed by atoms with Crippen molar-refractivity contribution < 1.29 is 4.74 Å². The van der Waals surface area contributed by atoms with E-state index in [4.69, 9.17) is 4.74 Å². The Morgan fingerprint density at radius 1 is 1.14 bits per heavy atom. The van der Waals surface area contributed by atoms with E-state index in [1.165, 1.54) is 20.4 Å². The van der Waals surface area contributed by atoms with E-state index in [9.17, 15) is 0 Å². The summed E-state index contributed by atoms with van der Waals surface area (Å²) in [6, 6.07) is 15.4. The van der Waals surface area contributed by atoms with Gasteiger partial charge in [-0.2, -0.15) is 0 Å². The minimum atomic E-state index is 0.295. The van der Waals surface area contributed by atoms with Gasteiger partial charge in [0.1, 0.15) is 5.75 Å². The second-order valence-corrected chi connectivity index (χ2v) is 7.19. The summed E-state index contributed by atoms with van der Waals surface area (Å²) in [5.41, 5.74) is 3.94. The van der Waals surface area contributed by atoms with Crippen molar-refractivity contribution in [3.8, 4) is 5.75 Å². The fraction of sp³-hybridized carbons (Fsp3) is 0.263. The molecule has 1 aliphatic carbocycles. The lowest BCUT2D eigenvalue weighted by molar-refractivity contribution is 0.381. The summed E-state index contributed by atoms with van der Waals surface area (Å²) in [6.07, 6.45) is 5.82. The quantitative estimate of drug-likeness (QED) is 0.555. The van der Waals surface area contributed by atoms with Crippen molar-refractivity contribution in [1.29, 1.82) is 0 Å². The van der Waals surface area contributed by atoms with Gasteiger partial charge in [0.2, 0.25) is 0 Å². The maximum atomic E-state index is 5.59. The third kappa shape index (κ3) is 2.22. The highest BCUT2D eigenvalue weighted by Gasteiger charge is 2.38. The van der Waals surface area contributed by atoms with Gasteiger partial charge in [-0.05, 0) is 64.8 Å². The van der Waals surface area contributed by atoms with Gasteiger partial charge in [0.25, 0.3) is 0 Å². The molecule has 1 aliphatic heterocycles. The van der Waals surface area contributed by atoms with E-state index in [2.05, 4.69) is 76.5 Å². The fourth-order valence-electron chi connectivity index (χ4n) is 3.80. The predicted molar refractivity (Wildman–Crippen MR) is 98.5 cm³/mol. The summed E-state index contributed by atoms with van der Waals surface area (Å²) in [7, 11) is 1.75. The van der Waals surface area contributed by atoms with Crippen molar-refractivity contribution in [2.24, 2.45) is 5.92 Å². The summed E-state index contributed by atoms with van der Waals surface area (Å²) < 4.78 is 6.89. The van der Waals surface area contributed by atoms with Crippen LogP contribution in [0.4, 0.5) is 5.69 Å². The number of hydrogen-bond donors (Lipinski definition) is 1. The zero-order valence-corrected chi connectivity index (χ0v) is 14.6. The van der Waals surface area contributed by atoms with Gasteiger partial charge >= 0.3 is 0 Å². The van der Waals surface area contributed by atoms with Crippen LogP contribution in [-0.2, 0) is 0 Å². The van der Waals surface area contributed by atoms with Crippen LogP contribution < -0.4 is 10.1 Å². The number of anilines is 1. The molecule has 2 nitrogen and oxygen atoms in total. The molecule has 0 unspecified atom stereocenters. The van der Waals surface area contributed by atoms with Crippen LogP contribution in [0.3, 0.4) is 0 Å². The zero-order valence-electron chi connectivity index (χ0n) is 12.4.